The van der Waals surface area contributed by atoms with Gasteiger partial charge in [0.15, 0.2) is 15.0 Å². The average Bonchev–Trinajstić information content (AvgIpc) is 3.06. The van der Waals surface area contributed by atoms with Crippen molar-refractivity contribution in [2.45, 2.75) is 44.2 Å². The van der Waals surface area contributed by atoms with Gasteiger partial charge in [0.05, 0.1) is 17.5 Å². The number of halogens is 1. The predicted molar refractivity (Wildman–Crippen MR) is 117 cm³/mol. The highest BCUT2D eigenvalue weighted by Crippen LogP contribution is 2.39. The van der Waals surface area contributed by atoms with E-state index in [0.717, 1.165) is 5.56 Å². The van der Waals surface area contributed by atoms with E-state index in [2.05, 4.69) is 10.3 Å². The van der Waals surface area contributed by atoms with Gasteiger partial charge in [0, 0.05) is 16.8 Å². The fraction of sp³-hybridized carbons (Fsp3) is 0.526. The number of carbonyl (C=O) groups is 2. The van der Waals surface area contributed by atoms with E-state index >= 15 is 0 Å². The zero-order chi connectivity index (χ0) is 22.1. The minimum atomic E-state index is -3.13. The van der Waals surface area contributed by atoms with Crippen molar-refractivity contribution in [1.29, 1.82) is 0 Å². The van der Waals surface area contributed by atoms with Crippen LogP contribution in [0.3, 0.4) is 0 Å². The number of ether oxygens (including phenoxy) is 1. The fourth-order valence-electron chi connectivity index (χ4n) is 3.22. The molecule has 2 saturated heterocycles. The van der Waals surface area contributed by atoms with Crippen LogP contribution in [0.15, 0.2) is 29.3 Å². The molecule has 0 aliphatic carbocycles. The molecule has 8 nitrogen and oxygen atoms in total. The van der Waals surface area contributed by atoms with Crippen LogP contribution in [0.2, 0.25) is 5.02 Å². The second-order valence-corrected chi connectivity index (χ2v) is 12.0. The van der Waals surface area contributed by atoms with E-state index in [9.17, 15) is 18.0 Å². The predicted octanol–water partition coefficient (Wildman–Crippen LogP) is 2.46. The minimum absolute atomic E-state index is 0.0294. The number of hydrogen-bond acceptors (Lipinski definition) is 6. The van der Waals surface area contributed by atoms with Crippen LogP contribution in [0.1, 0.15) is 26.3 Å². The Labute approximate surface area is 185 Å². The van der Waals surface area contributed by atoms with Gasteiger partial charge in [0.2, 0.25) is 0 Å². The van der Waals surface area contributed by atoms with Crippen molar-refractivity contribution in [3.63, 3.8) is 0 Å². The number of nitrogens with one attached hydrogen (secondary N) is 1. The van der Waals surface area contributed by atoms with Crippen LogP contribution in [0.5, 0.6) is 0 Å². The van der Waals surface area contributed by atoms with Crippen LogP contribution in [-0.4, -0.2) is 65.4 Å². The molecule has 2 aliphatic rings. The SMILES string of the molecule is CC(C)(C)OC(=O)NCC(=O)N=C1S[C@H]2CS(=O)(=O)C[C@H]2N1Cc1ccc(Cl)cc1. The summed E-state index contributed by atoms with van der Waals surface area (Å²) in [5, 5.41) is 3.29. The minimum Gasteiger partial charge on any atom is -0.444 e. The van der Waals surface area contributed by atoms with Crippen LogP contribution in [0.25, 0.3) is 0 Å². The Morgan fingerprint density at radius 3 is 2.57 bits per heavy atom. The summed E-state index contributed by atoms with van der Waals surface area (Å²) in [5.74, 6) is -0.447. The standard InChI is InChI=1S/C19H24ClN3O5S2/c1-19(2,3)28-18(25)21-8-16(24)22-17-23(9-12-4-6-13(20)7-5-12)14-10-30(26,27)11-15(14)29-17/h4-7,14-15H,8-11H2,1-3H3,(H,21,25)/t14-,15+/m1/s1. The van der Waals surface area contributed by atoms with Crippen molar-refractivity contribution in [3.8, 4) is 0 Å². The largest absolute Gasteiger partial charge is 0.444 e. The Morgan fingerprint density at radius 1 is 1.27 bits per heavy atom. The van der Waals surface area contributed by atoms with Crippen molar-refractivity contribution >= 4 is 50.4 Å². The lowest BCUT2D eigenvalue weighted by molar-refractivity contribution is -0.117. The molecule has 0 saturated carbocycles. The number of amides is 2. The molecule has 2 atom stereocenters. The number of hydrogen-bond donors (Lipinski definition) is 1. The van der Waals surface area contributed by atoms with Gasteiger partial charge in [-0.2, -0.15) is 4.99 Å². The zero-order valence-electron chi connectivity index (χ0n) is 16.9. The average molecular weight is 474 g/mol. The number of benzene rings is 1. The molecule has 0 bridgehead atoms. The summed E-state index contributed by atoms with van der Waals surface area (Å²) in [4.78, 5) is 30.1. The number of carbonyl (C=O) groups excluding carboxylic acids is 2. The lowest BCUT2D eigenvalue weighted by Crippen LogP contribution is -2.38. The van der Waals surface area contributed by atoms with Crippen LogP contribution in [-0.2, 0) is 25.9 Å². The van der Waals surface area contributed by atoms with Crippen molar-refractivity contribution < 1.29 is 22.7 Å². The number of alkyl carbamates (subject to hydrolysis) is 1. The molecule has 1 aromatic rings. The topological polar surface area (TPSA) is 105 Å². The molecule has 2 aliphatic heterocycles. The molecule has 0 radical (unpaired) electrons. The van der Waals surface area contributed by atoms with Crippen molar-refractivity contribution in [2.75, 3.05) is 18.1 Å². The fourth-order valence-corrected chi connectivity index (χ4v) is 7.31. The van der Waals surface area contributed by atoms with Crippen molar-refractivity contribution in [3.05, 3.63) is 34.9 Å². The van der Waals surface area contributed by atoms with E-state index in [0.29, 0.717) is 16.7 Å². The third-order valence-electron chi connectivity index (χ3n) is 4.44. The first-order valence-corrected chi connectivity index (χ1v) is 12.5. The molecule has 2 amide bonds. The number of nitrogens with zero attached hydrogens (tertiary/aromatic N) is 2. The number of sulfone groups is 1. The summed E-state index contributed by atoms with van der Waals surface area (Å²) in [6.45, 7) is 5.29. The Kier molecular flexibility index (Phi) is 6.69. The maximum Gasteiger partial charge on any atom is 0.408 e. The number of fused-ring (bicyclic) bond motifs is 1. The molecule has 0 aromatic heterocycles. The smallest absolute Gasteiger partial charge is 0.408 e. The van der Waals surface area contributed by atoms with Crippen LogP contribution < -0.4 is 5.32 Å². The summed E-state index contributed by atoms with van der Waals surface area (Å²) in [7, 11) is -3.13. The summed E-state index contributed by atoms with van der Waals surface area (Å²) < 4.78 is 29.3. The van der Waals surface area contributed by atoms with Gasteiger partial charge in [0.25, 0.3) is 5.91 Å². The highest BCUT2D eigenvalue weighted by Gasteiger charge is 2.48. The van der Waals surface area contributed by atoms with Gasteiger partial charge in [-0.05, 0) is 38.5 Å². The summed E-state index contributed by atoms with van der Waals surface area (Å²) in [6, 6.07) is 6.98. The van der Waals surface area contributed by atoms with Crippen LogP contribution in [0.4, 0.5) is 4.79 Å². The molecular formula is C19H24ClN3O5S2. The lowest BCUT2D eigenvalue weighted by Gasteiger charge is -2.24. The molecule has 1 aromatic carbocycles. The first kappa shape index (κ1) is 22.9. The van der Waals surface area contributed by atoms with E-state index in [4.69, 9.17) is 16.3 Å². The van der Waals surface area contributed by atoms with E-state index in [1.165, 1.54) is 11.8 Å². The number of amidine groups is 1. The highest BCUT2D eigenvalue weighted by atomic mass is 35.5. The molecule has 164 valence electrons. The van der Waals surface area contributed by atoms with Gasteiger partial charge in [-0.15, -0.1) is 0 Å². The Morgan fingerprint density at radius 2 is 1.93 bits per heavy atom. The molecular weight excluding hydrogens is 450 g/mol. The summed E-state index contributed by atoms with van der Waals surface area (Å²) in [5.41, 5.74) is 0.260. The quantitative estimate of drug-likeness (QED) is 0.716. The second kappa shape index (κ2) is 8.76. The third kappa shape index (κ3) is 6.12. The van der Waals surface area contributed by atoms with E-state index in [1.54, 1.807) is 32.9 Å². The second-order valence-electron chi connectivity index (χ2n) is 8.20. The van der Waals surface area contributed by atoms with Gasteiger partial charge in [-0.25, -0.2) is 13.2 Å². The van der Waals surface area contributed by atoms with Crippen molar-refractivity contribution in [2.24, 2.45) is 4.99 Å². The molecule has 0 spiro atoms. The first-order chi connectivity index (χ1) is 13.9. The van der Waals surface area contributed by atoms with Gasteiger partial charge >= 0.3 is 6.09 Å². The molecule has 2 fully saturated rings. The third-order valence-corrected chi connectivity index (χ3v) is 7.94. The lowest BCUT2D eigenvalue weighted by atomic mass is 10.1. The monoisotopic (exact) mass is 473 g/mol. The summed E-state index contributed by atoms with van der Waals surface area (Å²) in [6.07, 6.45) is -0.698. The number of rotatable bonds is 4. The van der Waals surface area contributed by atoms with E-state index in [-0.39, 0.29) is 29.3 Å². The maximum absolute atomic E-state index is 12.3. The normalized spacial score (nSPS) is 24.0. The maximum atomic E-state index is 12.3. The van der Waals surface area contributed by atoms with E-state index in [1.807, 2.05) is 17.0 Å². The Bertz CT molecular complexity index is 957. The number of aliphatic imine (C=N–C) groups is 1. The number of thioether (sulfide) groups is 1. The van der Waals surface area contributed by atoms with E-state index < -0.39 is 27.4 Å². The van der Waals surface area contributed by atoms with Gasteiger partial charge in [-0.3, -0.25) is 4.79 Å². The van der Waals surface area contributed by atoms with Gasteiger partial charge < -0.3 is 15.0 Å². The zero-order valence-corrected chi connectivity index (χ0v) is 19.3. The molecule has 30 heavy (non-hydrogen) atoms. The molecule has 11 heteroatoms. The highest BCUT2D eigenvalue weighted by molar-refractivity contribution is 8.15. The molecule has 0 unspecified atom stereocenters. The molecule has 2 heterocycles. The van der Waals surface area contributed by atoms with Crippen molar-refractivity contribution in [1.82, 2.24) is 10.2 Å². The molecule has 3 rings (SSSR count). The van der Waals surface area contributed by atoms with Gasteiger partial charge in [-0.1, -0.05) is 35.5 Å². The Hall–Kier alpha value is -1.78. The van der Waals surface area contributed by atoms with Crippen LogP contribution >= 0.6 is 23.4 Å². The van der Waals surface area contributed by atoms with Gasteiger partial charge in [0.1, 0.15) is 12.1 Å². The first-order valence-electron chi connectivity index (χ1n) is 9.38. The van der Waals surface area contributed by atoms with Crippen LogP contribution in [0, 0.1) is 0 Å². The summed E-state index contributed by atoms with van der Waals surface area (Å²) >= 11 is 7.24. The Balaban J connectivity index is 1.72. The molecule has 1 N–H and O–H groups in total.